The first-order valence-corrected chi connectivity index (χ1v) is 7.56. The number of carbonyl (C=O) groups is 1. The summed E-state index contributed by atoms with van der Waals surface area (Å²) in [6, 6.07) is 14.6. The first-order valence-electron chi connectivity index (χ1n) is 7.56. The van der Waals surface area contributed by atoms with Crippen LogP contribution in [-0.4, -0.2) is 17.6 Å². The number of benzene rings is 2. The van der Waals surface area contributed by atoms with Crippen LogP contribution in [0.25, 0.3) is 0 Å². The van der Waals surface area contributed by atoms with Gasteiger partial charge in [0.25, 0.3) is 0 Å². The van der Waals surface area contributed by atoms with Crippen molar-refractivity contribution in [1.29, 1.82) is 0 Å². The summed E-state index contributed by atoms with van der Waals surface area (Å²) < 4.78 is 0. The zero-order valence-electron chi connectivity index (χ0n) is 13.5. The minimum absolute atomic E-state index is 0.139. The smallest absolute Gasteiger partial charge is 0.305 e. The zero-order valence-corrected chi connectivity index (χ0v) is 13.5. The van der Waals surface area contributed by atoms with Crippen LogP contribution in [0, 0.1) is 20.8 Å². The van der Waals surface area contributed by atoms with Crippen molar-refractivity contribution in [2.45, 2.75) is 33.7 Å². The second kappa shape index (κ2) is 7.12. The fraction of sp³-hybridized carbons (Fsp3) is 0.316. The number of carboxylic acid groups (broad SMARTS) is 1. The van der Waals surface area contributed by atoms with Crippen LogP contribution in [0.15, 0.2) is 42.5 Å². The molecule has 2 rings (SSSR count). The number of hydrogen-bond donors (Lipinski definition) is 1. The minimum Gasteiger partial charge on any atom is -0.481 e. The standard InChI is InChI=1S/C19H23NO2/c1-14-7-9-17(10-8-14)13-20(12-11-18(21)22)19-15(2)5-4-6-16(19)3/h4-10H,11-13H2,1-3H3,(H,21,22). The lowest BCUT2D eigenvalue weighted by molar-refractivity contribution is -0.136. The van der Waals surface area contributed by atoms with E-state index in [9.17, 15) is 4.79 Å². The molecule has 0 fully saturated rings. The maximum atomic E-state index is 11.0. The van der Waals surface area contributed by atoms with Gasteiger partial charge in [-0.05, 0) is 37.5 Å². The van der Waals surface area contributed by atoms with Gasteiger partial charge in [-0.25, -0.2) is 0 Å². The molecule has 2 aromatic rings. The number of para-hydroxylation sites is 1. The Bertz CT molecular complexity index is 627. The number of nitrogens with zero attached hydrogens (tertiary/aromatic N) is 1. The molecule has 0 bridgehead atoms. The van der Waals surface area contributed by atoms with Crippen LogP contribution >= 0.6 is 0 Å². The average Bonchev–Trinajstić information content (AvgIpc) is 2.46. The van der Waals surface area contributed by atoms with E-state index in [-0.39, 0.29) is 6.42 Å². The predicted octanol–water partition coefficient (Wildman–Crippen LogP) is 4.09. The first kappa shape index (κ1) is 16.1. The van der Waals surface area contributed by atoms with Crippen molar-refractivity contribution in [2.75, 3.05) is 11.4 Å². The van der Waals surface area contributed by atoms with Gasteiger partial charge in [0, 0.05) is 18.8 Å². The van der Waals surface area contributed by atoms with Crippen molar-refractivity contribution in [3.05, 3.63) is 64.7 Å². The fourth-order valence-corrected chi connectivity index (χ4v) is 2.72. The van der Waals surface area contributed by atoms with Crippen molar-refractivity contribution in [2.24, 2.45) is 0 Å². The summed E-state index contributed by atoms with van der Waals surface area (Å²) in [4.78, 5) is 13.1. The third-order valence-electron chi connectivity index (χ3n) is 3.85. The summed E-state index contributed by atoms with van der Waals surface area (Å²) in [5.41, 5.74) is 5.92. The SMILES string of the molecule is Cc1ccc(CN(CCC(=O)O)c2c(C)cccc2C)cc1. The van der Waals surface area contributed by atoms with Crippen LogP contribution < -0.4 is 4.90 Å². The molecule has 0 aliphatic heterocycles. The van der Waals surface area contributed by atoms with E-state index < -0.39 is 5.97 Å². The van der Waals surface area contributed by atoms with E-state index in [2.05, 4.69) is 62.1 Å². The maximum Gasteiger partial charge on any atom is 0.305 e. The Kier molecular flexibility index (Phi) is 5.21. The molecule has 0 aliphatic rings. The van der Waals surface area contributed by atoms with E-state index in [1.165, 1.54) is 22.3 Å². The van der Waals surface area contributed by atoms with Gasteiger partial charge in [-0.1, -0.05) is 48.0 Å². The molecule has 0 aliphatic carbocycles. The molecule has 0 atom stereocenters. The van der Waals surface area contributed by atoms with Gasteiger partial charge < -0.3 is 10.0 Å². The van der Waals surface area contributed by atoms with Crippen molar-refractivity contribution < 1.29 is 9.90 Å². The molecule has 0 amide bonds. The van der Waals surface area contributed by atoms with Crippen LogP contribution in [0.5, 0.6) is 0 Å². The average molecular weight is 297 g/mol. The van der Waals surface area contributed by atoms with Crippen LogP contribution in [-0.2, 0) is 11.3 Å². The highest BCUT2D eigenvalue weighted by atomic mass is 16.4. The van der Waals surface area contributed by atoms with E-state index in [1.54, 1.807) is 0 Å². The molecule has 116 valence electrons. The Balaban J connectivity index is 2.29. The molecule has 0 heterocycles. The highest BCUT2D eigenvalue weighted by molar-refractivity contribution is 5.68. The van der Waals surface area contributed by atoms with Crippen LogP contribution in [0.1, 0.15) is 28.7 Å². The second-order valence-corrected chi connectivity index (χ2v) is 5.79. The molecule has 0 unspecified atom stereocenters. The van der Waals surface area contributed by atoms with E-state index in [1.807, 2.05) is 6.07 Å². The summed E-state index contributed by atoms with van der Waals surface area (Å²) in [5.74, 6) is -0.764. The number of anilines is 1. The highest BCUT2D eigenvalue weighted by Gasteiger charge is 2.14. The predicted molar refractivity (Wildman–Crippen MR) is 90.4 cm³/mol. The molecule has 22 heavy (non-hydrogen) atoms. The molecule has 2 aromatic carbocycles. The van der Waals surface area contributed by atoms with E-state index in [4.69, 9.17) is 5.11 Å². The van der Waals surface area contributed by atoms with Gasteiger partial charge in [-0.3, -0.25) is 4.79 Å². The summed E-state index contributed by atoms with van der Waals surface area (Å²) in [7, 11) is 0. The molecule has 0 saturated heterocycles. The minimum atomic E-state index is -0.764. The largest absolute Gasteiger partial charge is 0.481 e. The highest BCUT2D eigenvalue weighted by Crippen LogP contribution is 2.26. The number of hydrogen-bond acceptors (Lipinski definition) is 2. The lowest BCUT2D eigenvalue weighted by Gasteiger charge is -2.28. The van der Waals surface area contributed by atoms with Gasteiger partial charge in [-0.15, -0.1) is 0 Å². The molecule has 3 heteroatoms. The monoisotopic (exact) mass is 297 g/mol. The van der Waals surface area contributed by atoms with Crippen LogP contribution in [0.3, 0.4) is 0 Å². The molecule has 0 saturated carbocycles. The van der Waals surface area contributed by atoms with Crippen molar-refractivity contribution in [3.8, 4) is 0 Å². The Morgan fingerprint density at radius 1 is 1.00 bits per heavy atom. The van der Waals surface area contributed by atoms with Crippen molar-refractivity contribution >= 4 is 11.7 Å². The fourth-order valence-electron chi connectivity index (χ4n) is 2.72. The summed E-state index contributed by atoms with van der Waals surface area (Å²) in [6.07, 6.45) is 0.139. The van der Waals surface area contributed by atoms with E-state index in [0.717, 1.165) is 12.2 Å². The molecule has 3 nitrogen and oxygen atoms in total. The Hall–Kier alpha value is -2.29. The van der Waals surface area contributed by atoms with E-state index in [0.29, 0.717) is 6.54 Å². The first-order chi connectivity index (χ1) is 10.5. The third-order valence-corrected chi connectivity index (χ3v) is 3.85. The summed E-state index contributed by atoms with van der Waals surface area (Å²) in [5, 5.41) is 9.02. The molecule has 0 radical (unpaired) electrons. The molecular weight excluding hydrogens is 274 g/mol. The van der Waals surface area contributed by atoms with Gasteiger partial charge in [0.2, 0.25) is 0 Å². The van der Waals surface area contributed by atoms with E-state index >= 15 is 0 Å². The third kappa shape index (κ3) is 4.10. The van der Waals surface area contributed by atoms with Gasteiger partial charge in [-0.2, -0.15) is 0 Å². The van der Waals surface area contributed by atoms with Gasteiger partial charge in [0.15, 0.2) is 0 Å². The quantitative estimate of drug-likeness (QED) is 0.873. The lowest BCUT2D eigenvalue weighted by Crippen LogP contribution is -2.27. The molecule has 0 aromatic heterocycles. The second-order valence-electron chi connectivity index (χ2n) is 5.79. The Morgan fingerprint density at radius 2 is 1.59 bits per heavy atom. The van der Waals surface area contributed by atoms with Crippen LogP contribution in [0.4, 0.5) is 5.69 Å². The number of carboxylic acids is 1. The maximum absolute atomic E-state index is 11.0. The molecule has 1 N–H and O–H groups in total. The topological polar surface area (TPSA) is 40.5 Å². The number of aryl methyl sites for hydroxylation is 3. The van der Waals surface area contributed by atoms with Gasteiger partial charge in [0.1, 0.15) is 0 Å². The van der Waals surface area contributed by atoms with Crippen LogP contribution in [0.2, 0.25) is 0 Å². The molecular formula is C19H23NO2. The normalized spacial score (nSPS) is 10.5. The van der Waals surface area contributed by atoms with Crippen molar-refractivity contribution in [1.82, 2.24) is 0 Å². The summed E-state index contributed by atoms with van der Waals surface area (Å²) in [6.45, 7) is 7.45. The Morgan fingerprint density at radius 3 is 2.14 bits per heavy atom. The lowest BCUT2D eigenvalue weighted by atomic mass is 10.1. The zero-order chi connectivity index (χ0) is 16.1. The molecule has 0 spiro atoms. The number of aliphatic carboxylic acids is 1. The van der Waals surface area contributed by atoms with Gasteiger partial charge >= 0.3 is 5.97 Å². The summed E-state index contributed by atoms with van der Waals surface area (Å²) >= 11 is 0. The van der Waals surface area contributed by atoms with Crippen molar-refractivity contribution in [3.63, 3.8) is 0 Å². The number of rotatable bonds is 6. The van der Waals surface area contributed by atoms with Gasteiger partial charge in [0.05, 0.1) is 6.42 Å². The Labute approximate surface area is 132 Å².